The number of nitrogens with one attached hydrogen (secondary N) is 1. The van der Waals surface area contributed by atoms with Crippen molar-refractivity contribution in [3.63, 3.8) is 0 Å². The molecule has 2 amide bonds. The minimum atomic E-state index is 0.0478. The first-order chi connectivity index (χ1) is 11.0. The van der Waals surface area contributed by atoms with Gasteiger partial charge in [0.05, 0.1) is 0 Å². The highest BCUT2D eigenvalue weighted by atomic mass is 16.2. The van der Waals surface area contributed by atoms with Gasteiger partial charge in [0.1, 0.15) is 0 Å². The summed E-state index contributed by atoms with van der Waals surface area (Å²) in [6, 6.07) is 5.98. The predicted molar refractivity (Wildman–Crippen MR) is 90.3 cm³/mol. The molecular formula is C18H23N3O2. The molecule has 1 N–H and O–H groups in total. The van der Waals surface area contributed by atoms with E-state index in [1.807, 2.05) is 35.0 Å². The quantitative estimate of drug-likeness (QED) is 0.911. The third-order valence-corrected chi connectivity index (χ3v) is 4.85. The van der Waals surface area contributed by atoms with Gasteiger partial charge in [0.25, 0.3) is 5.91 Å². The first-order valence-electron chi connectivity index (χ1n) is 8.06. The normalized spacial score (nSPS) is 17.7. The van der Waals surface area contributed by atoms with Gasteiger partial charge in [-0.15, -0.1) is 0 Å². The third kappa shape index (κ3) is 3.09. The smallest absolute Gasteiger partial charge is 0.253 e. The number of rotatable bonds is 2. The zero-order chi connectivity index (χ0) is 16.6. The van der Waals surface area contributed by atoms with Crippen molar-refractivity contribution in [2.75, 3.05) is 25.5 Å². The second-order valence-electron chi connectivity index (χ2n) is 6.43. The maximum Gasteiger partial charge on any atom is 0.253 e. The molecule has 0 bridgehead atoms. The maximum absolute atomic E-state index is 12.7. The summed E-state index contributed by atoms with van der Waals surface area (Å²) in [4.78, 5) is 27.8. The van der Waals surface area contributed by atoms with Crippen LogP contribution >= 0.6 is 0 Å². The molecule has 1 aromatic rings. The van der Waals surface area contributed by atoms with E-state index in [2.05, 4.69) is 11.9 Å². The van der Waals surface area contributed by atoms with E-state index in [4.69, 9.17) is 0 Å². The molecule has 0 spiro atoms. The highest BCUT2D eigenvalue weighted by molar-refractivity contribution is 5.95. The van der Waals surface area contributed by atoms with Crippen LogP contribution in [0.2, 0.25) is 0 Å². The standard InChI is InChI=1S/C18H23N3O2/c1-12-10-15-11-14(4-5-17(15)19-12)18(23)20(3)16-6-8-21(9-7-16)13(2)22/h4-5,11,16,19H,1,6-10H2,2-3H3. The lowest BCUT2D eigenvalue weighted by atomic mass is 10.0. The van der Waals surface area contributed by atoms with E-state index in [-0.39, 0.29) is 17.9 Å². The second-order valence-corrected chi connectivity index (χ2v) is 6.43. The van der Waals surface area contributed by atoms with Crippen molar-refractivity contribution >= 4 is 17.5 Å². The van der Waals surface area contributed by atoms with Crippen molar-refractivity contribution in [1.29, 1.82) is 0 Å². The number of allylic oxidation sites excluding steroid dienone is 1. The lowest BCUT2D eigenvalue weighted by Crippen LogP contribution is -2.46. The summed E-state index contributed by atoms with van der Waals surface area (Å²) in [7, 11) is 1.86. The number of benzene rings is 1. The van der Waals surface area contributed by atoms with Crippen LogP contribution in [0.5, 0.6) is 0 Å². The number of carbonyl (C=O) groups excluding carboxylic acids is 2. The molecule has 3 rings (SSSR count). The molecule has 1 aromatic carbocycles. The summed E-state index contributed by atoms with van der Waals surface area (Å²) < 4.78 is 0. The molecular weight excluding hydrogens is 290 g/mol. The topological polar surface area (TPSA) is 52.7 Å². The molecule has 0 unspecified atom stereocenters. The zero-order valence-corrected chi connectivity index (χ0v) is 13.8. The van der Waals surface area contributed by atoms with Crippen LogP contribution in [0.25, 0.3) is 0 Å². The van der Waals surface area contributed by atoms with E-state index in [0.29, 0.717) is 0 Å². The van der Waals surface area contributed by atoms with E-state index in [1.165, 1.54) is 0 Å². The number of amides is 2. The van der Waals surface area contributed by atoms with Crippen LogP contribution in [0.15, 0.2) is 30.5 Å². The Kier molecular flexibility index (Phi) is 4.11. The fourth-order valence-electron chi connectivity index (χ4n) is 3.40. The summed E-state index contributed by atoms with van der Waals surface area (Å²) in [6.45, 7) is 6.99. The number of piperidine rings is 1. The van der Waals surface area contributed by atoms with Crippen molar-refractivity contribution in [2.24, 2.45) is 0 Å². The van der Waals surface area contributed by atoms with E-state index >= 15 is 0 Å². The molecule has 23 heavy (non-hydrogen) atoms. The summed E-state index contributed by atoms with van der Waals surface area (Å²) >= 11 is 0. The Morgan fingerprint density at radius 1 is 1.30 bits per heavy atom. The fraction of sp³-hybridized carbons (Fsp3) is 0.444. The minimum absolute atomic E-state index is 0.0478. The molecule has 2 heterocycles. The fourth-order valence-corrected chi connectivity index (χ4v) is 3.40. The number of hydrogen-bond acceptors (Lipinski definition) is 3. The van der Waals surface area contributed by atoms with Crippen LogP contribution in [0.3, 0.4) is 0 Å². The van der Waals surface area contributed by atoms with Gasteiger partial charge in [-0.2, -0.15) is 0 Å². The van der Waals surface area contributed by atoms with Crippen molar-refractivity contribution in [3.8, 4) is 0 Å². The Hall–Kier alpha value is -2.30. The first-order valence-corrected chi connectivity index (χ1v) is 8.06. The van der Waals surface area contributed by atoms with Crippen molar-refractivity contribution in [1.82, 2.24) is 9.80 Å². The van der Waals surface area contributed by atoms with Gasteiger partial charge in [-0.25, -0.2) is 0 Å². The molecule has 122 valence electrons. The van der Waals surface area contributed by atoms with Crippen molar-refractivity contribution in [3.05, 3.63) is 41.6 Å². The lowest BCUT2D eigenvalue weighted by molar-refractivity contribution is -0.130. The molecule has 2 aliphatic heterocycles. The molecule has 5 nitrogen and oxygen atoms in total. The lowest BCUT2D eigenvalue weighted by Gasteiger charge is -2.36. The molecule has 0 aromatic heterocycles. The summed E-state index contributed by atoms with van der Waals surface area (Å²) in [5, 5.41) is 3.21. The summed E-state index contributed by atoms with van der Waals surface area (Å²) in [5.41, 5.74) is 3.86. The van der Waals surface area contributed by atoms with Gasteiger partial charge in [0.15, 0.2) is 0 Å². The summed E-state index contributed by atoms with van der Waals surface area (Å²) in [6.07, 6.45) is 2.45. The first kappa shape index (κ1) is 15.6. The monoisotopic (exact) mass is 313 g/mol. The van der Waals surface area contributed by atoms with Crippen LogP contribution in [0.1, 0.15) is 35.7 Å². The van der Waals surface area contributed by atoms with E-state index in [1.54, 1.807) is 6.92 Å². The Balaban J connectivity index is 1.68. The molecule has 1 saturated heterocycles. The second kappa shape index (κ2) is 6.07. The molecule has 5 heteroatoms. The van der Waals surface area contributed by atoms with Gasteiger partial charge in [0.2, 0.25) is 5.91 Å². The third-order valence-electron chi connectivity index (χ3n) is 4.85. The molecule has 0 aliphatic carbocycles. The number of nitrogens with zero attached hydrogens (tertiary/aromatic N) is 2. The van der Waals surface area contributed by atoms with Gasteiger partial charge in [0, 0.05) is 56.5 Å². The highest BCUT2D eigenvalue weighted by Crippen LogP contribution is 2.28. The van der Waals surface area contributed by atoms with E-state index in [9.17, 15) is 9.59 Å². The van der Waals surface area contributed by atoms with Crippen LogP contribution in [0.4, 0.5) is 5.69 Å². The van der Waals surface area contributed by atoms with E-state index < -0.39 is 0 Å². The van der Waals surface area contributed by atoms with Gasteiger partial charge in [-0.05, 0) is 36.6 Å². The summed E-state index contributed by atoms with van der Waals surface area (Å²) in [5.74, 6) is 0.162. The Morgan fingerprint density at radius 2 is 2.00 bits per heavy atom. The number of likely N-dealkylation sites (tertiary alicyclic amines) is 1. The van der Waals surface area contributed by atoms with Gasteiger partial charge >= 0.3 is 0 Å². The van der Waals surface area contributed by atoms with Crippen LogP contribution in [0, 0.1) is 0 Å². The van der Waals surface area contributed by atoms with Gasteiger partial charge < -0.3 is 15.1 Å². The molecule has 1 fully saturated rings. The van der Waals surface area contributed by atoms with Crippen LogP contribution < -0.4 is 5.32 Å². The van der Waals surface area contributed by atoms with Gasteiger partial charge in [-0.1, -0.05) is 6.58 Å². The number of hydrogen-bond donors (Lipinski definition) is 1. The number of fused-ring (bicyclic) bond motifs is 1. The Bertz CT molecular complexity index is 660. The van der Waals surface area contributed by atoms with Crippen molar-refractivity contribution < 1.29 is 9.59 Å². The average Bonchev–Trinajstić information content (AvgIpc) is 2.92. The van der Waals surface area contributed by atoms with Crippen LogP contribution in [-0.2, 0) is 11.2 Å². The highest BCUT2D eigenvalue weighted by Gasteiger charge is 2.27. The SMILES string of the molecule is C=C1Cc2cc(C(=O)N(C)C3CCN(C(C)=O)CC3)ccc2N1. The maximum atomic E-state index is 12.7. The van der Waals surface area contributed by atoms with Crippen molar-refractivity contribution in [2.45, 2.75) is 32.2 Å². The Morgan fingerprint density at radius 3 is 2.65 bits per heavy atom. The van der Waals surface area contributed by atoms with E-state index in [0.717, 1.165) is 54.9 Å². The minimum Gasteiger partial charge on any atom is -0.359 e. The largest absolute Gasteiger partial charge is 0.359 e. The average molecular weight is 313 g/mol. The molecule has 0 radical (unpaired) electrons. The number of anilines is 1. The molecule has 0 saturated carbocycles. The Labute approximate surface area is 137 Å². The number of carbonyl (C=O) groups is 2. The van der Waals surface area contributed by atoms with Gasteiger partial charge in [-0.3, -0.25) is 9.59 Å². The predicted octanol–water partition coefficient (Wildman–Crippen LogP) is 2.25. The zero-order valence-electron chi connectivity index (χ0n) is 13.8. The molecule has 0 atom stereocenters. The molecule has 2 aliphatic rings. The van der Waals surface area contributed by atoms with Crippen LogP contribution in [-0.4, -0.2) is 47.8 Å².